The Morgan fingerprint density at radius 3 is 2.57 bits per heavy atom. The van der Waals surface area contributed by atoms with E-state index in [-0.39, 0.29) is 5.91 Å². The van der Waals surface area contributed by atoms with Crippen molar-refractivity contribution in [1.82, 2.24) is 10.2 Å². The first-order valence-electron chi connectivity index (χ1n) is 6.55. The molecule has 0 saturated carbocycles. The molecule has 6 nitrogen and oxygen atoms in total. The zero-order valence-corrected chi connectivity index (χ0v) is 12.7. The van der Waals surface area contributed by atoms with Crippen molar-refractivity contribution >= 4 is 22.4 Å². The highest BCUT2D eigenvalue weighted by Gasteiger charge is 2.45. The van der Waals surface area contributed by atoms with Gasteiger partial charge in [0.1, 0.15) is 10.8 Å². The lowest BCUT2D eigenvalue weighted by molar-refractivity contribution is -0.128. The van der Waals surface area contributed by atoms with Crippen molar-refractivity contribution in [3.63, 3.8) is 0 Å². The Morgan fingerprint density at radius 1 is 1.33 bits per heavy atom. The van der Waals surface area contributed by atoms with Crippen LogP contribution in [0.4, 0.5) is 5.13 Å². The minimum absolute atomic E-state index is 0.265. The Labute approximate surface area is 126 Å². The summed E-state index contributed by atoms with van der Waals surface area (Å²) in [7, 11) is 1.64. The average Bonchev–Trinajstić information content (AvgIpc) is 2.93. The first-order valence-corrected chi connectivity index (χ1v) is 7.36. The van der Waals surface area contributed by atoms with E-state index in [4.69, 9.17) is 10.5 Å². The second kappa shape index (κ2) is 5.00. The van der Waals surface area contributed by atoms with Gasteiger partial charge in [-0.2, -0.15) is 0 Å². The Balaban J connectivity index is 1.74. The highest BCUT2D eigenvalue weighted by Crippen LogP contribution is 2.37. The van der Waals surface area contributed by atoms with Crippen molar-refractivity contribution in [2.75, 3.05) is 25.1 Å². The lowest BCUT2D eigenvalue weighted by Gasteiger charge is -2.45. The maximum absolute atomic E-state index is 11.3. The van der Waals surface area contributed by atoms with Crippen LogP contribution in [-0.2, 0) is 4.79 Å². The number of nitrogens with two attached hydrogens (primary N) is 1. The summed E-state index contributed by atoms with van der Waals surface area (Å²) < 4.78 is 5.14. The van der Waals surface area contributed by atoms with Crippen LogP contribution in [-0.4, -0.2) is 36.3 Å². The molecule has 21 heavy (non-hydrogen) atoms. The van der Waals surface area contributed by atoms with Crippen LogP contribution < -0.4 is 15.4 Å². The van der Waals surface area contributed by atoms with Crippen molar-refractivity contribution in [3.05, 3.63) is 24.3 Å². The third-order valence-electron chi connectivity index (χ3n) is 3.70. The summed E-state index contributed by atoms with van der Waals surface area (Å²) in [5, 5.41) is 10.1. The van der Waals surface area contributed by atoms with Gasteiger partial charge in [0.2, 0.25) is 11.0 Å². The summed E-state index contributed by atoms with van der Waals surface area (Å²) in [6.45, 7) is 3.07. The maximum atomic E-state index is 11.3. The molecular weight excluding hydrogens is 288 g/mol. The number of benzene rings is 1. The van der Waals surface area contributed by atoms with E-state index in [0.29, 0.717) is 13.1 Å². The van der Waals surface area contributed by atoms with Crippen LogP contribution in [0.25, 0.3) is 10.6 Å². The van der Waals surface area contributed by atoms with E-state index in [9.17, 15) is 4.79 Å². The number of amides is 1. The van der Waals surface area contributed by atoms with E-state index < -0.39 is 5.41 Å². The Hall–Kier alpha value is -2.15. The number of methoxy groups -OCH3 is 1. The summed E-state index contributed by atoms with van der Waals surface area (Å²) in [6.07, 6.45) is 0. The van der Waals surface area contributed by atoms with Crippen LogP contribution in [0.5, 0.6) is 5.75 Å². The van der Waals surface area contributed by atoms with E-state index in [2.05, 4.69) is 10.2 Å². The zero-order chi connectivity index (χ0) is 15.0. The van der Waals surface area contributed by atoms with Crippen LogP contribution in [0, 0.1) is 5.41 Å². The predicted octanol–water partition coefficient (Wildman–Crippen LogP) is 1.53. The standard InChI is InChI=1S/C14H16N4O2S/c1-14(12(15)19)7-18(8-14)13-17-16-11(21-13)9-3-5-10(20-2)6-4-9/h3-6H,7-8H2,1-2H3,(H2,15,19). The molecule has 1 fully saturated rings. The van der Waals surface area contributed by atoms with Gasteiger partial charge in [-0.1, -0.05) is 11.3 Å². The molecule has 0 bridgehead atoms. The van der Waals surface area contributed by atoms with Gasteiger partial charge in [-0.25, -0.2) is 0 Å². The van der Waals surface area contributed by atoms with Crippen LogP contribution in [0.1, 0.15) is 6.92 Å². The van der Waals surface area contributed by atoms with Gasteiger partial charge in [0.15, 0.2) is 0 Å². The molecule has 2 heterocycles. The van der Waals surface area contributed by atoms with E-state index in [1.807, 2.05) is 36.1 Å². The fourth-order valence-electron chi connectivity index (χ4n) is 2.28. The predicted molar refractivity (Wildman–Crippen MR) is 81.4 cm³/mol. The van der Waals surface area contributed by atoms with E-state index in [0.717, 1.165) is 21.5 Å². The van der Waals surface area contributed by atoms with Crippen molar-refractivity contribution in [2.24, 2.45) is 11.1 Å². The van der Waals surface area contributed by atoms with Crippen LogP contribution >= 0.6 is 11.3 Å². The third-order valence-corrected chi connectivity index (χ3v) is 4.73. The van der Waals surface area contributed by atoms with E-state index >= 15 is 0 Å². The highest BCUT2D eigenvalue weighted by molar-refractivity contribution is 7.18. The largest absolute Gasteiger partial charge is 0.497 e. The molecular formula is C14H16N4O2S. The van der Waals surface area contributed by atoms with Crippen LogP contribution in [0.15, 0.2) is 24.3 Å². The van der Waals surface area contributed by atoms with Gasteiger partial charge in [0, 0.05) is 18.7 Å². The number of hydrogen-bond donors (Lipinski definition) is 1. The summed E-state index contributed by atoms with van der Waals surface area (Å²) in [5.41, 5.74) is 5.93. The second-order valence-electron chi connectivity index (χ2n) is 5.40. The molecule has 110 valence electrons. The quantitative estimate of drug-likeness (QED) is 0.926. The molecule has 1 amide bonds. The van der Waals surface area contributed by atoms with E-state index in [1.54, 1.807) is 7.11 Å². The smallest absolute Gasteiger partial charge is 0.226 e. The fourth-order valence-corrected chi connectivity index (χ4v) is 3.13. The number of carbonyl (C=O) groups is 1. The minimum Gasteiger partial charge on any atom is -0.497 e. The van der Waals surface area contributed by atoms with Gasteiger partial charge in [-0.05, 0) is 31.2 Å². The van der Waals surface area contributed by atoms with Crippen molar-refractivity contribution < 1.29 is 9.53 Å². The Morgan fingerprint density at radius 2 is 2.00 bits per heavy atom. The lowest BCUT2D eigenvalue weighted by atomic mass is 9.82. The van der Waals surface area contributed by atoms with Gasteiger partial charge in [0.25, 0.3) is 0 Å². The summed E-state index contributed by atoms with van der Waals surface area (Å²) in [5.74, 6) is 0.544. The molecule has 0 aliphatic carbocycles. The number of anilines is 1. The first-order chi connectivity index (χ1) is 10.0. The molecule has 7 heteroatoms. The van der Waals surface area contributed by atoms with Gasteiger partial charge in [-0.3, -0.25) is 4.79 Å². The Bertz CT molecular complexity index is 662. The Kier molecular flexibility index (Phi) is 3.29. The molecule has 2 N–H and O–H groups in total. The van der Waals surface area contributed by atoms with Crippen molar-refractivity contribution in [2.45, 2.75) is 6.92 Å². The van der Waals surface area contributed by atoms with Crippen molar-refractivity contribution in [1.29, 1.82) is 0 Å². The van der Waals surface area contributed by atoms with Crippen LogP contribution in [0.2, 0.25) is 0 Å². The number of aromatic nitrogens is 2. The third kappa shape index (κ3) is 2.44. The van der Waals surface area contributed by atoms with E-state index in [1.165, 1.54) is 11.3 Å². The minimum atomic E-state index is -0.452. The molecule has 0 spiro atoms. The van der Waals surface area contributed by atoms with Gasteiger partial charge < -0.3 is 15.4 Å². The monoisotopic (exact) mass is 304 g/mol. The van der Waals surface area contributed by atoms with Crippen LogP contribution in [0.3, 0.4) is 0 Å². The summed E-state index contributed by atoms with van der Waals surface area (Å²) >= 11 is 1.51. The number of hydrogen-bond acceptors (Lipinski definition) is 6. The van der Waals surface area contributed by atoms with Gasteiger partial charge >= 0.3 is 0 Å². The molecule has 1 aromatic carbocycles. The molecule has 3 rings (SSSR count). The first kappa shape index (κ1) is 13.8. The number of rotatable bonds is 4. The number of primary amides is 1. The fraction of sp³-hybridized carbons (Fsp3) is 0.357. The highest BCUT2D eigenvalue weighted by atomic mass is 32.1. The lowest BCUT2D eigenvalue weighted by Crippen LogP contribution is -2.61. The molecule has 0 radical (unpaired) electrons. The molecule has 1 aliphatic rings. The SMILES string of the molecule is COc1ccc(-c2nnc(N3CC(C)(C(N)=O)C3)s2)cc1. The number of nitrogens with zero attached hydrogens (tertiary/aromatic N) is 3. The normalized spacial score (nSPS) is 16.4. The molecule has 2 aromatic rings. The second-order valence-corrected chi connectivity index (χ2v) is 6.36. The number of ether oxygens (including phenoxy) is 1. The zero-order valence-electron chi connectivity index (χ0n) is 11.9. The topological polar surface area (TPSA) is 81.3 Å². The maximum Gasteiger partial charge on any atom is 0.226 e. The molecule has 1 saturated heterocycles. The van der Waals surface area contributed by atoms with Gasteiger partial charge in [-0.15, -0.1) is 10.2 Å². The molecule has 0 unspecified atom stereocenters. The summed E-state index contributed by atoms with van der Waals surface area (Å²) in [6, 6.07) is 7.69. The summed E-state index contributed by atoms with van der Waals surface area (Å²) in [4.78, 5) is 13.3. The molecule has 0 atom stereocenters. The molecule has 1 aliphatic heterocycles. The number of carbonyl (C=O) groups excluding carboxylic acids is 1. The molecule has 1 aromatic heterocycles. The van der Waals surface area contributed by atoms with Gasteiger partial charge in [0.05, 0.1) is 12.5 Å². The van der Waals surface area contributed by atoms with Crippen molar-refractivity contribution in [3.8, 4) is 16.3 Å². The average molecular weight is 304 g/mol.